The van der Waals surface area contributed by atoms with Crippen LogP contribution in [0, 0.1) is 6.92 Å². The first-order chi connectivity index (χ1) is 11.3. The number of para-hydroxylation sites is 2. The number of ether oxygens (including phenoxy) is 1. The summed E-state index contributed by atoms with van der Waals surface area (Å²) in [4.78, 5) is 12.0. The summed E-state index contributed by atoms with van der Waals surface area (Å²) in [7, 11) is 0. The normalized spacial score (nSPS) is 11.2. The Balaban J connectivity index is 2.14. The number of amides is 1. The number of benzene rings is 1. The second kappa shape index (κ2) is 7.52. The topological polar surface area (TPSA) is 56.2 Å². The number of hydrogen-bond acceptors (Lipinski definition) is 3. The highest BCUT2D eigenvalue weighted by Crippen LogP contribution is 2.29. The number of carbonyl (C=O) groups is 1. The molecule has 0 unspecified atom stereocenters. The molecule has 2 rings (SSSR count). The number of rotatable bonds is 6. The van der Waals surface area contributed by atoms with Crippen LogP contribution in [0.15, 0.2) is 24.3 Å². The SMILES string of the molecule is Cc1c(Cl)c(C(F)F)nn1CC(=O)Nc1ccccc1OC(F)F. The van der Waals surface area contributed by atoms with E-state index in [1.807, 2.05) is 0 Å². The van der Waals surface area contributed by atoms with E-state index in [0.29, 0.717) is 0 Å². The molecule has 0 radical (unpaired) electrons. The van der Waals surface area contributed by atoms with Gasteiger partial charge in [0, 0.05) is 0 Å². The minimum atomic E-state index is -3.05. The van der Waals surface area contributed by atoms with E-state index in [2.05, 4.69) is 15.2 Å². The minimum absolute atomic E-state index is 0.0211. The first kappa shape index (κ1) is 18.1. The number of halogens is 5. The molecule has 1 aromatic carbocycles. The van der Waals surface area contributed by atoms with Crippen LogP contribution in [0.3, 0.4) is 0 Å². The van der Waals surface area contributed by atoms with Crippen molar-refractivity contribution in [2.24, 2.45) is 0 Å². The highest BCUT2D eigenvalue weighted by Gasteiger charge is 2.22. The Morgan fingerprint density at radius 1 is 1.33 bits per heavy atom. The number of aromatic nitrogens is 2. The molecule has 5 nitrogen and oxygen atoms in total. The molecule has 1 N–H and O–H groups in total. The van der Waals surface area contributed by atoms with Crippen LogP contribution < -0.4 is 10.1 Å². The van der Waals surface area contributed by atoms with E-state index in [0.717, 1.165) is 4.68 Å². The highest BCUT2D eigenvalue weighted by molar-refractivity contribution is 6.31. The Morgan fingerprint density at radius 3 is 2.58 bits per heavy atom. The second-order valence-electron chi connectivity index (χ2n) is 4.67. The minimum Gasteiger partial charge on any atom is -0.433 e. The van der Waals surface area contributed by atoms with Crippen LogP contribution in [-0.2, 0) is 11.3 Å². The Labute approximate surface area is 139 Å². The third kappa shape index (κ3) is 4.16. The molecular weight excluding hydrogens is 354 g/mol. The van der Waals surface area contributed by atoms with Gasteiger partial charge in [-0.05, 0) is 19.1 Å². The van der Waals surface area contributed by atoms with E-state index in [4.69, 9.17) is 11.6 Å². The van der Waals surface area contributed by atoms with Gasteiger partial charge in [0.1, 0.15) is 18.0 Å². The largest absolute Gasteiger partial charge is 0.433 e. The molecule has 0 aliphatic heterocycles. The van der Waals surface area contributed by atoms with Crippen LogP contribution in [0.25, 0.3) is 0 Å². The van der Waals surface area contributed by atoms with Crippen LogP contribution in [0.5, 0.6) is 5.75 Å². The fraction of sp³-hybridized carbons (Fsp3) is 0.286. The van der Waals surface area contributed by atoms with Gasteiger partial charge < -0.3 is 10.1 Å². The maximum Gasteiger partial charge on any atom is 0.387 e. The number of alkyl halides is 4. The zero-order chi connectivity index (χ0) is 17.9. The lowest BCUT2D eigenvalue weighted by atomic mass is 10.3. The Kier molecular flexibility index (Phi) is 5.66. The molecule has 1 amide bonds. The Bertz CT molecular complexity index is 737. The lowest BCUT2D eigenvalue weighted by Gasteiger charge is -2.12. The molecule has 24 heavy (non-hydrogen) atoms. The molecule has 0 aliphatic carbocycles. The zero-order valence-corrected chi connectivity index (χ0v) is 13.0. The Hall–Kier alpha value is -2.29. The molecule has 0 fully saturated rings. The fourth-order valence-electron chi connectivity index (χ4n) is 1.94. The summed E-state index contributed by atoms with van der Waals surface area (Å²) in [6.45, 7) is -2.03. The van der Waals surface area contributed by atoms with Gasteiger partial charge in [0.15, 0.2) is 0 Å². The van der Waals surface area contributed by atoms with Crippen molar-refractivity contribution in [1.29, 1.82) is 0 Å². The van der Waals surface area contributed by atoms with Crippen LogP contribution in [-0.4, -0.2) is 22.3 Å². The molecule has 130 valence electrons. The van der Waals surface area contributed by atoms with Gasteiger partial charge in [-0.3, -0.25) is 9.48 Å². The third-order valence-corrected chi connectivity index (χ3v) is 3.50. The monoisotopic (exact) mass is 365 g/mol. The van der Waals surface area contributed by atoms with Gasteiger partial charge in [-0.15, -0.1) is 0 Å². The molecule has 0 aliphatic rings. The number of anilines is 1. The third-order valence-electron chi connectivity index (χ3n) is 3.04. The van der Waals surface area contributed by atoms with E-state index in [1.54, 1.807) is 0 Å². The number of nitrogens with zero attached hydrogens (tertiary/aromatic N) is 2. The molecule has 1 heterocycles. The number of hydrogen-bond donors (Lipinski definition) is 1. The van der Waals surface area contributed by atoms with Gasteiger partial charge in [-0.2, -0.15) is 13.9 Å². The molecule has 10 heteroatoms. The van der Waals surface area contributed by atoms with Crippen LogP contribution in [0.2, 0.25) is 5.02 Å². The van der Waals surface area contributed by atoms with Crippen molar-refractivity contribution in [2.45, 2.75) is 26.5 Å². The van der Waals surface area contributed by atoms with Gasteiger partial charge in [-0.25, -0.2) is 8.78 Å². The predicted molar refractivity (Wildman–Crippen MR) is 78.6 cm³/mol. The maximum absolute atomic E-state index is 12.7. The lowest BCUT2D eigenvalue weighted by Crippen LogP contribution is -2.21. The number of nitrogens with one attached hydrogen (secondary N) is 1. The lowest BCUT2D eigenvalue weighted by molar-refractivity contribution is -0.117. The average molecular weight is 366 g/mol. The first-order valence-electron chi connectivity index (χ1n) is 6.64. The molecule has 0 saturated heterocycles. The van der Waals surface area contributed by atoms with E-state index in [9.17, 15) is 22.4 Å². The van der Waals surface area contributed by atoms with E-state index >= 15 is 0 Å². The van der Waals surface area contributed by atoms with Gasteiger partial charge in [-0.1, -0.05) is 23.7 Å². The van der Waals surface area contributed by atoms with Crippen molar-refractivity contribution in [1.82, 2.24) is 9.78 Å². The van der Waals surface area contributed by atoms with E-state index < -0.39 is 31.2 Å². The standard InChI is InChI=1S/C14H12ClF4N3O2/c1-7-11(15)12(13(16)17)21-22(7)6-10(23)20-8-4-2-3-5-9(8)24-14(18)19/h2-5,13-14H,6H2,1H3,(H,20,23). The molecule has 0 bridgehead atoms. The summed E-state index contributed by atoms with van der Waals surface area (Å²) >= 11 is 5.74. The maximum atomic E-state index is 12.7. The summed E-state index contributed by atoms with van der Waals surface area (Å²) in [5.74, 6) is -0.882. The summed E-state index contributed by atoms with van der Waals surface area (Å²) in [5.41, 5.74) is -0.407. The summed E-state index contributed by atoms with van der Waals surface area (Å²) in [5, 5.41) is 5.72. The van der Waals surface area contributed by atoms with Crippen molar-refractivity contribution in [3.63, 3.8) is 0 Å². The van der Waals surface area contributed by atoms with Crippen molar-refractivity contribution in [3.05, 3.63) is 40.7 Å². The van der Waals surface area contributed by atoms with Crippen molar-refractivity contribution in [3.8, 4) is 5.75 Å². The van der Waals surface area contributed by atoms with Gasteiger partial charge >= 0.3 is 6.61 Å². The molecule has 0 saturated carbocycles. The van der Waals surface area contributed by atoms with Crippen molar-refractivity contribution >= 4 is 23.2 Å². The quantitative estimate of drug-likeness (QED) is 0.786. The number of carbonyl (C=O) groups excluding carboxylic acids is 1. The van der Waals surface area contributed by atoms with Crippen molar-refractivity contribution < 1.29 is 27.1 Å². The van der Waals surface area contributed by atoms with E-state index in [1.165, 1.54) is 31.2 Å². The predicted octanol–water partition coefficient (Wildman–Crippen LogP) is 4.02. The Morgan fingerprint density at radius 2 is 2.00 bits per heavy atom. The smallest absolute Gasteiger partial charge is 0.387 e. The fourth-order valence-corrected chi connectivity index (χ4v) is 2.15. The van der Waals surface area contributed by atoms with Crippen LogP contribution >= 0.6 is 11.6 Å². The average Bonchev–Trinajstić information content (AvgIpc) is 2.77. The summed E-state index contributed by atoms with van der Waals surface area (Å²) in [6, 6.07) is 5.59. The van der Waals surface area contributed by atoms with Crippen LogP contribution in [0.1, 0.15) is 17.8 Å². The molecular formula is C14H12ClF4N3O2. The van der Waals surface area contributed by atoms with Crippen molar-refractivity contribution in [2.75, 3.05) is 5.32 Å². The molecule has 1 aromatic heterocycles. The second-order valence-corrected chi connectivity index (χ2v) is 5.04. The summed E-state index contributed by atoms with van der Waals surface area (Å²) < 4.78 is 55.4. The van der Waals surface area contributed by atoms with Crippen LogP contribution in [0.4, 0.5) is 23.2 Å². The first-order valence-corrected chi connectivity index (χ1v) is 7.02. The molecule has 2 aromatic rings. The van der Waals surface area contributed by atoms with Gasteiger partial charge in [0.25, 0.3) is 6.43 Å². The molecule has 0 atom stereocenters. The zero-order valence-electron chi connectivity index (χ0n) is 12.3. The highest BCUT2D eigenvalue weighted by atomic mass is 35.5. The summed E-state index contributed by atoms with van der Waals surface area (Å²) in [6.07, 6.45) is -2.87. The van der Waals surface area contributed by atoms with E-state index in [-0.39, 0.29) is 22.2 Å². The molecule has 0 spiro atoms. The van der Waals surface area contributed by atoms with Gasteiger partial charge in [0.2, 0.25) is 5.91 Å². The van der Waals surface area contributed by atoms with Gasteiger partial charge in [0.05, 0.1) is 16.4 Å².